The quantitative estimate of drug-likeness (QED) is 0.321. The van der Waals surface area contributed by atoms with Gasteiger partial charge in [-0.3, -0.25) is 9.78 Å². The first-order valence-electron chi connectivity index (χ1n) is 11.1. The van der Waals surface area contributed by atoms with Gasteiger partial charge in [0, 0.05) is 23.2 Å². The molecule has 1 amide bonds. The van der Waals surface area contributed by atoms with Crippen LogP contribution in [-0.4, -0.2) is 35.3 Å². The number of primary amides is 1. The number of amides is 1. The van der Waals surface area contributed by atoms with Crippen molar-refractivity contribution < 1.29 is 27.8 Å². The van der Waals surface area contributed by atoms with Gasteiger partial charge in [-0.25, -0.2) is 4.39 Å². The van der Waals surface area contributed by atoms with Crippen LogP contribution >= 0.6 is 0 Å². The number of aromatic nitrogens is 3. The summed E-state index contributed by atoms with van der Waals surface area (Å²) >= 11 is 0. The van der Waals surface area contributed by atoms with E-state index in [9.17, 15) is 9.18 Å². The molecule has 10 heteroatoms. The number of pyridine rings is 1. The Bertz CT molecular complexity index is 1570. The van der Waals surface area contributed by atoms with E-state index in [1.807, 2.05) is 0 Å². The average Bonchev–Trinajstić information content (AvgIpc) is 3.39. The van der Waals surface area contributed by atoms with Crippen molar-refractivity contribution in [3.05, 3.63) is 90.2 Å². The minimum Gasteiger partial charge on any atom is -0.493 e. The van der Waals surface area contributed by atoms with Gasteiger partial charge < -0.3 is 24.4 Å². The molecule has 1 atom stereocenters. The van der Waals surface area contributed by atoms with E-state index in [-0.39, 0.29) is 17.6 Å². The molecule has 0 radical (unpaired) electrons. The molecule has 0 aliphatic rings. The molecule has 186 valence electrons. The minimum atomic E-state index is -0.978. The summed E-state index contributed by atoms with van der Waals surface area (Å²) in [6.45, 7) is 0. The van der Waals surface area contributed by atoms with Crippen LogP contribution in [0.25, 0.3) is 22.4 Å². The summed E-state index contributed by atoms with van der Waals surface area (Å²) in [4.78, 5) is 16.7. The van der Waals surface area contributed by atoms with Crippen LogP contribution < -0.4 is 19.9 Å². The molecule has 2 heterocycles. The molecule has 1 unspecified atom stereocenters. The number of nitrogens with two attached hydrogens (primary N) is 1. The standard InChI is InChI=1S/C27H21FN4O5/c1-34-22-13-19-20(14-23(22)35-2)30-12-11-21(19)36-18-9-5-15(6-10-18)24(25(29)33)27-32-31-26(37-27)16-3-7-17(28)8-4-16/h3-14,24H,1-2H3,(H2,29,33). The number of hydrogen-bond donors (Lipinski definition) is 1. The van der Waals surface area contributed by atoms with Gasteiger partial charge in [0.25, 0.3) is 0 Å². The molecule has 3 aromatic carbocycles. The van der Waals surface area contributed by atoms with E-state index in [1.54, 1.807) is 62.9 Å². The topological polar surface area (TPSA) is 123 Å². The third-order valence-corrected chi connectivity index (χ3v) is 5.71. The predicted molar refractivity (Wildman–Crippen MR) is 132 cm³/mol. The molecule has 2 N–H and O–H groups in total. The molecular formula is C27H21FN4O5. The Morgan fingerprint density at radius 1 is 0.919 bits per heavy atom. The van der Waals surface area contributed by atoms with Crippen molar-refractivity contribution >= 4 is 16.8 Å². The molecule has 2 aromatic heterocycles. The second kappa shape index (κ2) is 9.94. The van der Waals surface area contributed by atoms with Crippen LogP contribution in [0, 0.1) is 5.82 Å². The number of benzene rings is 3. The van der Waals surface area contributed by atoms with E-state index in [0.717, 1.165) is 5.39 Å². The number of ether oxygens (including phenoxy) is 3. The fraction of sp³-hybridized carbons (Fsp3) is 0.111. The third-order valence-electron chi connectivity index (χ3n) is 5.71. The number of methoxy groups -OCH3 is 2. The lowest BCUT2D eigenvalue weighted by molar-refractivity contribution is -0.118. The molecule has 0 spiro atoms. The van der Waals surface area contributed by atoms with Crippen LogP contribution in [0.1, 0.15) is 17.4 Å². The van der Waals surface area contributed by atoms with Gasteiger partial charge in [-0.2, -0.15) is 0 Å². The minimum absolute atomic E-state index is 0.0293. The Morgan fingerprint density at radius 3 is 2.30 bits per heavy atom. The highest BCUT2D eigenvalue weighted by molar-refractivity contribution is 5.88. The molecule has 0 bridgehead atoms. The highest BCUT2D eigenvalue weighted by Gasteiger charge is 2.27. The number of rotatable bonds is 8. The summed E-state index contributed by atoms with van der Waals surface area (Å²) < 4.78 is 35.8. The second-order valence-electron chi connectivity index (χ2n) is 7.99. The van der Waals surface area contributed by atoms with Crippen molar-refractivity contribution in [1.82, 2.24) is 15.2 Å². The van der Waals surface area contributed by atoms with E-state index in [1.165, 1.54) is 24.3 Å². The van der Waals surface area contributed by atoms with Crippen LogP contribution in [0.4, 0.5) is 4.39 Å². The maximum absolute atomic E-state index is 13.2. The SMILES string of the molecule is COc1cc2nccc(Oc3ccc(C(C(N)=O)c4nnc(-c5ccc(F)cc5)o4)cc3)c2cc1OC. The van der Waals surface area contributed by atoms with Crippen LogP contribution in [0.3, 0.4) is 0 Å². The average molecular weight is 500 g/mol. The van der Waals surface area contributed by atoms with Crippen LogP contribution in [-0.2, 0) is 4.79 Å². The summed E-state index contributed by atoms with van der Waals surface area (Å²) in [5.41, 5.74) is 7.40. The van der Waals surface area contributed by atoms with Gasteiger partial charge in [0.15, 0.2) is 11.5 Å². The van der Waals surface area contributed by atoms with Gasteiger partial charge in [-0.05, 0) is 54.1 Å². The van der Waals surface area contributed by atoms with Crippen molar-refractivity contribution in [2.24, 2.45) is 5.73 Å². The molecule has 37 heavy (non-hydrogen) atoms. The van der Waals surface area contributed by atoms with Crippen LogP contribution in [0.5, 0.6) is 23.0 Å². The van der Waals surface area contributed by atoms with Gasteiger partial charge in [-0.15, -0.1) is 10.2 Å². The Kier molecular flexibility index (Phi) is 6.38. The number of carbonyl (C=O) groups excluding carboxylic acids is 1. The Labute approximate surface area is 210 Å². The highest BCUT2D eigenvalue weighted by atomic mass is 19.1. The summed E-state index contributed by atoms with van der Waals surface area (Å²) in [7, 11) is 3.11. The molecule has 9 nitrogen and oxygen atoms in total. The van der Waals surface area contributed by atoms with E-state index in [4.69, 9.17) is 24.4 Å². The lowest BCUT2D eigenvalue weighted by Gasteiger charge is -2.13. The summed E-state index contributed by atoms with van der Waals surface area (Å²) in [5.74, 6) is 0.340. The molecule has 0 saturated carbocycles. The van der Waals surface area contributed by atoms with E-state index in [2.05, 4.69) is 15.2 Å². The highest BCUT2D eigenvalue weighted by Crippen LogP contribution is 2.37. The van der Waals surface area contributed by atoms with Gasteiger partial charge >= 0.3 is 0 Å². The second-order valence-corrected chi connectivity index (χ2v) is 7.99. The maximum Gasteiger partial charge on any atom is 0.247 e. The first-order chi connectivity index (χ1) is 18.0. The van der Waals surface area contributed by atoms with Crippen LogP contribution in [0.2, 0.25) is 0 Å². The summed E-state index contributed by atoms with van der Waals surface area (Å²) in [6, 6.07) is 17.7. The lowest BCUT2D eigenvalue weighted by atomic mass is 9.98. The number of fused-ring (bicyclic) bond motifs is 1. The zero-order valence-corrected chi connectivity index (χ0v) is 19.8. The van der Waals surface area contributed by atoms with E-state index < -0.39 is 11.8 Å². The third kappa shape index (κ3) is 4.76. The largest absolute Gasteiger partial charge is 0.493 e. The molecule has 0 aliphatic heterocycles. The molecule has 5 rings (SSSR count). The van der Waals surface area contributed by atoms with Gasteiger partial charge in [-0.1, -0.05) is 12.1 Å². The van der Waals surface area contributed by atoms with Gasteiger partial charge in [0.2, 0.25) is 17.7 Å². The fourth-order valence-electron chi connectivity index (χ4n) is 3.88. The smallest absolute Gasteiger partial charge is 0.247 e. The molecule has 0 saturated heterocycles. The number of hydrogen-bond acceptors (Lipinski definition) is 8. The monoisotopic (exact) mass is 500 g/mol. The van der Waals surface area contributed by atoms with Crippen LogP contribution in [0.15, 0.2) is 77.3 Å². The normalized spacial score (nSPS) is 11.8. The zero-order chi connectivity index (χ0) is 25.9. The lowest BCUT2D eigenvalue weighted by Crippen LogP contribution is -2.22. The van der Waals surface area contributed by atoms with E-state index in [0.29, 0.717) is 39.6 Å². The van der Waals surface area contributed by atoms with Crippen molar-refractivity contribution in [1.29, 1.82) is 0 Å². The maximum atomic E-state index is 13.2. The number of nitrogens with zero attached hydrogens (tertiary/aromatic N) is 3. The molecule has 5 aromatic rings. The first-order valence-corrected chi connectivity index (χ1v) is 11.1. The summed E-state index contributed by atoms with van der Waals surface area (Å²) in [6.07, 6.45) is 1.63. The first kappa shape index (κ1) is 23.7. The summed E-state index contributed by atoms with van der Waals surface area (Å²) in [5, 5.41) is 8.71. The predicted octanol–water partition coefficient (Wildman–Crippen LogP) is 4.85. The van der Waals surface area contributed by atoms with Crippen molar-refractivity contribution in [3.8, 4) is 34.5 Å². The number of carbonyl (C=O) groups is 1. The van der Waals surface area contributed by atoms with Gasteiger partial charge in [0.05, 0.1) is 19.7 Å². The Hall–Kier alpha value is -4.99. The molecular weight excluding hydrogens is 479 g/mol. The van der Waals surface area contributed by atoms with Crippen molar-refractivity contribution in [2.45, 2.75) is 5.92 Å². The number of halogens is 1. The fourth-order valence-corrected chi connectivity index (χ4v) is 3.88. The molecule has 0 aliphatic carbocycles. The zero-order valence-electron chi connectivity index (χ0n) is 19.8. The van der Waals surface area contributed by atoms with Gasteiger partial charge in [0.1, 0.15) is 23.2 Å². The Balaban J connectivity index is 1.41. The van der Waals surface area contributed by atoms with Crippen molar-refractivity contribution in [2.75, 3.05) is 14.2 Å². The molecule has 0 fully saturated rings. The van der Waals surface area contributed by atoms with E-state index >= 15 is 0 Å². The van der Waals surface area contributed by atoms with Crippen molar-refractivity contribution in [3.63, 3.8) is 0 Å². The Morgan fingerprint density at radius 2 is 1.62 bits per heavy atom.